The van der Waals surface area contributed by atoms with Gasteiger partial charge in [-0.05, 0) is 30.7 Å². The third kappa shape index (κ3) is 4.11. The van der Waals surface area contributed by atoms with Crippen LogP contribution in [-0.4, -0.2) is 20.8 Å². The maximum absolute atomic E-state index is 5.22. The smallest absolute Gasteiger partial charge is 0.122 e. The summed E-state index contributed by atoms with van der Waals surface area (Å²) in [6.45, 7) is 4.10. The first-order chi connectivity index (χ1) is 7.80. The van der Waals surface area contributed by atoms with Crippen molar-refractivity contribution in [3.05, 3.63) is 23.8 Å². The molecule has 0 spiro atoms. The largest absolute Gasteiger partial charge is 0.497 e. The number of methoxy groups -OCH3 is 2. The normalized spacial score (nSPS) is 10.2. The monoisotopic (exact) mass is 223 g/mol. The maximum atomic E-state index is 5.22. The van der Waals surface area contributed by atoms with Gasteiger partial charge in [-0.2, -0.15) is 0 Å². The van der Waals surface area contributed by atoms with E-state index in [2.05, 4.69) is 12.2 Å². The number of unbranched alkanes of at least 4 members (excludes halogenated alkanes) is 1. The highest BCUT2D eigenvalue weighted by Crippen LogP contribution is 2.22. The summed E-state index contributed by atoms with van der Waals surface area (Å²) in [5.74, 6) is 1.68. The summed E-state index contributed by atoms with van der Waals surface area (Å²) >= 11 is 0. The molecule has 0 saturated carbocycles. The molecule has 0 unspecified atom stereocenters. The van der Waals surface area contributed by atoms with Crippen molar-refractivity contribution in [1.29, 1.82) is 0 Å². The molecule has 0 atom stereocenters. The van der Waals surface area contributed by atoms with Crippen molar-refractivity contribution in [1.82, 2.24) is 5.32 Å². The van der Waals surface area contributed by atoms with E-state index >= 15 is 0 Å². The van der Waals surface area contributed by atoms with Gasteiger partial charge in [0.05, 0.1) is 14.2 Å². The Balaban J connectivity index is 2.57. The van der Waals surface area contributed by atoms with Crippen LogP contribution in [0, 0.1) is 0 Å². The molecule has 16 heavy (non-hydrogen) atoms. The summed E-state index contributed by atoms with van der Waals surface area (Å²) in [7, 11) is 3.34. The van der Waals surface area contributed by atoms with Gasteiger partial charge in [-0.25, -0.2) is 0 Å². The highest BCUT2D eigenvalue weighted by Gasteiger charge is 2.01. The van der Waals surface area contributed by atoms with Crippen LogP contribution in [-0.2, 0) is 6.54 Å². The molecule has 0 aliphatic heterocycles. The molecule has 3 nitrogen and oxygen atoms in total. The third-order valence-electron chi connectivity index (χ3n) is 2.45. The van der Waals surface area contributed by atoms with E-state index in [1.165, 1.54) is 18.4 Å². The van der Waals surface area contributed by atoms with Crippen molar-refractivity contribution >= 4 is 0 Å². The molecule has 0 fully saturated rings. The minimum atomic E-state index is 0.839. The van der Waals surface area contributed by atoms with Crippen LogP contribution in [0.3, 0.4) is 0 Å². The molecule has 1 N–H and O–H groups in total. The van der Waals surface area contributed by atoms with Gasteiger partial charge in [0.2, 0.25) is 0 Å². The fourth-order valence-corrected chi connectivity index (χ4v) is 1.50. The minimum absolute atomic E-state index is 0.839. The molecule has 0 amide bonds. The van der Waals surface area contributed by atoms with E-state index in [-0.39, 0.29) is 0 Å². The van der Waals surface area contributed by atoms with E-state index in [0.717, 1.165) is 24.6 Å². The Kier molecular flexibility index (Phi) is 5.72. The van der Waals surface area contributed by atoms with E-state index in [4.69, 9.17) is 9.47 Å². The molecule has 0 radical (unpaired) electrons. The van der Waals surface area contributed by atoms with Crippen molar-refractivity contribution in [3.8, 4) is 11.5 Å². The van der Waals surface area contributed by atoms with Gasteiger partial charge in [0.25, 0.3) is 0 Å². The topological polar surface area (TPSA) is 30.5 Å². The number of rotatable bonds is 7. The molecule has 0 aliphatic carbocycles. The van der Waals surface area contributed by atoms with E-state index < -0.39 is 0 Å². The molecular weight excluding hydrogens is 202 g/mol. The zero-order chi connectivity index (χ0) is 11.8. The number of hydrogen-bond acceptors (Lipinski definition) is 3. The first-order valence-corrected chi connectivity index (χ1v) is 5.72. The predicted molar refractivity (Wildman–Crippen MR) is 66.2 cm³/mol. The summed E-state index contributed by atoms with van der Waals surface area (Å²) in [4.78, 5) is 0. The Morgan fingerprint density at radius 3 is 2.19 bits per heavy atom. The molecule has 0 heterocycles. The van der Waals surface area contributed by atoms with Crippen LogP contribution < -0.4 is 14.8 Å². The summed E-state index contributed by atoms with van der Waals surface area (Å²) in [5, 5.41) is 3.39. The first kappa shape index (κ1) is 12.8. The van der Waals surface area contributed by atoms with E-state index in [0.29, 0.717) is 0 Å². The van der Waals surface area contributed by atoms with E-state index in [1.54, 1.807) is 14.2 Å². The van der Waals surface area contributed by atoms with Gasteiger partial charge in [-0.3, -0.25) is 0 Å². The van der Waals surface area contributed by atoms with E-state index in [9.17, 15) is 0 Å². The van der Waals surface area contributed by atoms with Crippen LogP contribution in [0.1, 0.15) is 25.3 Å². The van der Waals surface area contributed by atoms with Crippen LogP contribution >= 0.6 is 0 Å². The molecule has 1 rings (SSSR count). The van der Waals surface area contributed by atoms with Crippen LogP contribution in [0.5, 0.6) is 11.5 Å². The fourth-order valence-electron chi connectivity index (χ4n) is 1.50. The summed E-state index contributed by atoms with van der Waals surface area (Å²) in [6.07, 6.45) is 2.43. The standard InChI is InChI=1S/C13H21NO2/c1-4-5-6-14-10-11-7-12(15-2)9-13(8-11)16-3/h7-9,14H,4-6,10H2,1-3H3. The van der Waals surface area contributed by atoms with Gasteiger partial charge in [-0.15, -0.1) is 0 Å². The number of benzene rings is 1. The number of hydrogen-bond donors (Lipinski definition) is 1. The average molecular weight is 223 g/mol. The lowest BCUT2D eigenvalue weighted by atomic mass is 10.2. The van der Waals surface area contributed by atoms with Crippen LogP contribution in [0.4, 0.5) is 0 Å². The van der Waals surface area contributed by atoms with Crippen molar-refractivity contribution in [2.45, 2.75) is 26.3 Å². The molecule has 0 aliphatic rings. The zero-order valence-electron chi connectivity index (χ0n) is 10.4. The lowest BCUT2D eigenvalue weighted by Crippen LogP contribution is -2.14. The van der Waals surface area contributed by atoms with Crippen molar-refractivity contribution in [2.24, 2.45) is 0 Å². The second kappa shape index (κ2) is 7.12. The zero-order valence-corrected chi connectivity index (χ0v) is 10.4. The Morgan fingerprint density at radius 1 is 1.06 bits per heavy atom. The Hall–Kier alpha value is -1.22. The first-order valence-electron chi connectivity index (χ1n) is 5.72. The molecule has 1 aromatic rings. The van der Waals surface area contributed by atoms with Crippen LogP contribution in [0.25, 0.3) is 0 Å². The predicted octanol–water partition coefficient (Wildman–Crippen LogP) is 2.59. The van der Waals surface area contributed by atoms with Gasteiger partial charge in [0, 0.05) is 12.6 Å². The number of ether oxygens (including phenoxy) is 2. The molecule has 1 aromatic carbocycles. The SMILES string of the molecule is CCCCNCc1cc(OC)cc(OC)c1. The Bertz CT molecular complexity index is 291. The molecule has 0 saturated heterocycles. The molecule has 90 valence electrons. The maximum Gasteiger partial charge on any atom is 0.122 e. The third-order valence-corrected chi connectivity index (χ3v) is 2.45. The van der Waals surface area contributed by atoms with Crippen molar-refractivity contribution < 1.29 is 9.47 Å². The minimum Gasteiger partial charge on any atom is -0.497 e. The van der Waals surface area contributed by atoms with Gasteiger partial charge < -0.3 is 14.8 Å². The quantitative estimate of drug-likeness (QED) is 0.721. The molecule has 0 aromatic heterocycles. The lowest BCUT2D eigenvalue weighted by Gasteiger charge is -2.09. The van der Waals surface area contributed by atoms with Gasteiger partial charge in [-0.1, -0.05) is 13.3 Å². The second-order valence-corrected chi connectivity index (χ2v) is 3.75. The Morgan fingerprint density at radius 2 is 1.69 bits per heavy atom. The molecule has 3 heteroatoms. The van der Waals surface area contributed by atoms with Gasteiger partial charge in [0.15, 0.2) is 0 Å². The van der Waals surface area contributed by atoms with Gasteiger partial charge >= 0.3 is 0 Å². The highest BCUT2D eigenvalue weighted by atomic mass is 16.5. The summed E-state index contributed by atoms with van der Waals surface area (Å²) in [6, 6.07) is 5.94. The molecule has 0 bridgehead atoms. The van der Waals surface area contributed by atoms with Crippen molar-refractivity contribution in [3.63, 3.8) is 0 Å². The highest BCUT2D eigenvalue weighted by molar-refractivity contribution is 5.38. The number of nitrogens with one attached hydrogen (secondary N) is 1. The fraction of sp³-hybridized carbons (Fsp3) is 0.538. The molecular formula is C13H21NO2. The lowest BCUT2D eigenvalue weighted by molar-refractivity contribution is 0.393. The van der Waals surface area contributed by atoms with Crippen molar-refractivity contribution in [2.75, 3.05) is 20.8 Å². The second-order valence-electron chi connectivity index (χ2n) is 3.75. The average Bonchev–Trinajstić information content (AvgIpc) is 2.34. The van der Waals surface area contributed by atoms with Crippen LogP contribution in [0.2, 0.25) is 0 Å². The van der Waals surface area contributed by atoms with E-state index in [1.807, 2.05) is 18.2 Å². The Labute approximate surface area is 97.8 Å². The van der Waals surface area contributed by atoms with Crippen LogP contribution in [0.15, 0.2) is 18.2 Å². The summed E-state index contributed by atoms with van der Waals surface area (Å²) in [5.41, 5.74) is 1.19. The summed E-state index contributed by atoms with van der Waals surface area (Å²) < 4.78 is 10.4. The van der Waals surface area contributed by atoms with Gasteiger partial charge in [0.1, 0.15) is 11.5 Å².